The van der Waals surface area contributed by atoms with E-state index in [0.29, 0.717) is 5.75 Å². The number of anilines is 1. The summed E-state index contributed by atoms with van der Waals surface area (Å²) in [5.41, 5.74) is 5.58. The van der Waals surface area contributed by atoms with Gasteiger partial charge in [-0.3, -0.25) is 0 Å². The molecule has 0 bridgehead atoms. The van der Waals surface area contributed by atoms with Crippen LogP contribution in [0.25, 0.3) is 0 Å². The molecule has 20 heavy (non-hydrogen) atoms. The molecular formula is C13H9F3INO2. The van der Waals surface area contributed by atoms with Gasteiger partial charge in [0, 0.05) is 15.7 Å². The van der Waals surface area contributed by atoms with E-state index in [9.17, 15) is 13.2 Å². The van der Waals surface area contributed by atoms with Crippen LogP contribution in [0, 0.1) is 9.39 Å². The molecule has 0 radical (unpaired) electrons. The number of nitrogen functional groups attached to an aromatic ring is 1. The maximum Gasteiger partial charge on any atom is 0.387 e. The average molecular weight is 395 g/mol. The highest BCUT2D eigenvalue weighted by Gasteiger charge is 2.14. The minimum Gasteiger partial charge on any atom is -0.455 e. The summed E-state index contributed by atoms with van der Waals surface area (Å²) in [5.74, 6) is -1.09. The van der Waals surface area contributed by atoms with E-state index < -0.39 is 18.2 Å². The number of rotatable bonds is 4. The van der Waals surface area contributed by atoms with Gasteiger partial charge in [-0.1, -0.05) is 0 Å². The molecule has 0 fully saturated rings. The lowest BCUT2D eigenvalue weighted by Crippen LogP contribution is -2.05. The fourth-order valence-electron chi connectivity index (χ4n) is 1.45. The number of halogens is 4. The third-order valence-electron chi connectivity index (χ3n) is 2.32. The number of nitrogens with two attached hydrogens (primary N) is 1. The van der Waals surface area contributed by atoms with Crippen LogP contribution in [0.1, 0.15) is 0 Å². The first kappa shape index (κ1) is 14.8. The van der Waals surface area contributed by atoms with Crippen LogP contribution in [0.3, 0.4) is 0 Å². The van der Waals surface area contributed by atoms with E-state index >= 15 is 0 Å². The normalized spacial score (nSPS) is 10.7. The van der Waals surface area contributed by atoms with E-state index in [1.165, 1.54) is 0 Å². The van der Waals surface area contributed by atoms with E-state index in [1.54, 1.807) is 24.3 Å². The van der Waals surface area contributed by atoms with Gasteiger partial charge in [0.1, 0.15) is 5.75 Å². The van der Waals surface area contributed by atoms with Crippen LogP contribution in [0.2, 0.25) is 0 Å². The van der Waals surface area contributed by atoms with Gasteiger partial charge in [-0.2, -0.15) is 8.78 Å². The zero-order valence-electron chi connectivity index (χ0n) is 9.95. The highest BCUT2D eigenvalue weighted by molar-refractivity contribution is 14.1. The Morgan fingerprint density at radius 1 is 1.05 bits per heavy atom. The SMILES string of the molecule is Nc1cc(F)c(OC(F)F)cc1Oc1ccc(I)cc1. The van der Waals surface area contributed by atoms with E-state index in [2.05, 4.69) is 27.3 Å². The molecule has 0 aliphatic carbocycles. The summed E-state index contributed by atoms with van der Waals surface area (Å²) >= 11 is 2.12. The summed E-state index contributed by atoms with van der Waals surface area (Å²) in [7, 11) is 0. The molecule has 2 aromatic carbocycles. The highest BCUT2D eigenvalue weighted by atomic mass is 127. The highest BCUT2D eigenvalue weighted by Crippen LogP contribution is 2.34. The number of hydrogen-bond donors (Lipinski definition) is 1. The number of alkyl halides is 2. The first-order chi connectivity index (χ1) is 9.45. The van der Waals surface area contributed by atoms with Crippen LogP contribution in [0.5, 0.6) is 17.2 Å². The Hall–Kier alpha value is -1.64. The van der Waals surface area contributed by atoms with Gasteiger partial charge >= 0.3 is 6.61 Å². The van der Waals surface area contributed by atoms with Gasteiger partial charge in [0.15, 0.2) is 17.3 Å². The molecule has 3 nitrogen and oxygen atoms in total. The van der Waals surface area contributed by atoms with Crippen molar-refractivity contribution in [2.45, 2.75) is 6.61 Å². The first-order valence-corrected chi connectivity index (χ1v) is 6.51. The first-order valence-electron chi connectivity index (χ1n) is 5.43. The third kappa shape index (κ3) is 3.69. The predicted molar refractivity (Wildman–Crippen MR) is 76.7 cm³/mol. The smallest absolute Gasteiger partial charge is 0.387 e. The van der Waals surface area contributed by atoms with E-state index in [1.807, 2.05) is 0 Å². The molecule has 0 atom stereocenters. The lowest BCUT2D eigenvalue weighted by Gasteiger charge is -2.12. The molecule has 0 amide bonds. The van der Waals surface area contributed by atoms with Gasteiger partial charge in [-0.05, 0) is 46.9 Å². The quantitative estimate of drug-likeness (QED) is 0.617. The molecule has 2 N–H and O–H groups in total. The fraction of sp³-hybridized carbons (Fsp3) is 0.0769. The second-order valence-corrected chi connectivity index (χ2v) is 5.00. The van der Waals surface area contributed by atoms with Gasteiger partial charge < -0.3 is 15.2 Å². The molecule has 0 saturated heterocycles. The predicted octanol–water partition coefficient (Wildman–Crippen LogP) is 4.41. The van der Waals surface area contributed by atoms with Gasteiger partial charge in [0.05, 0.1) is 5.69 Å². The largest absolute Gasteiger partial charge is 0.455 e. The molecule has 0 saturated carbocycles. The second kappa shape index (κ2) is 6.21. The fourth-order valence-corrected chi connectivity index (χ4v) is 1.81. The molecule has 106 valence electrons. The van der Waals surface area contributed by atoms with Crippen LogP contribution in [0.15, 0.2) is 36.4 Å². The molecule has 0 aliphatic rings. The summed E-state index contributed by atoms with van der Waals surface area (Å²) < 4.78 is 48.1. The Labute approximate surface area is 126 Å². The second-order valence-electron chi connectivity index (χ2n) is 3.75. The summed E-state index contributed by atoms with van der Waals surface area (Å²) in [6.45, 7) is -3.13. The minimum absolute atomic E-state index is 0.0114. The molecule has 7 heteroatoms. The third-order valence-corrected chi connectivity index (χ3v) is 3.04. The monoisotopic (exact) mass is 395 g/mol. The van der Waals surface area contributed by atoms with Gasteiger partial charge in [0.25, 0.3) is 0 Å². The van der Waals surface area contributed by atoms with Crippen LogP contribution < -0.4 is 15.2 Å². The Kier molecular flexibility index (Phi) is 4.58. The van der Waals surface area contributed by atoms with E-state index in [4.69, 9.17) is 10.5 Å². The van der Waals surface area contributed by atoms with Crippen molar-refractivity contribution in [2.24, 2.45) is 0 Å². The molecule has 0 heterocycles. The summed E-state index contributed by atoms with van der Waals surface area (Å²) in [6.07, 6.45) is 0. The molecule has 0 unspecified atom stereocenters. The number of hydrogen-bond acceptors (Lipinski definition) is 3. The Morgan fingerprint density at radius 2 is 1.70 bits per heavy atom. The molecule has 0 aromatic heterocycles. The lowest BCUT2D eigenvalue weighted by molar-refractivity contribution is -0.0522. The Morgan fingerprint density at radius 3 is 2.30 bits per heavy atom. The van der Waals surface area contributed by atoms with Gasteiger partial charge in [-0.15, -0.1) is 0 Å². The lowest BCUT2D eigenvalue weighted by atomic mass is 10.2. The maximum atomic E-state index is 13.4. The Balaban J connectivity index is 2.28. The number of benzene rings is 2. The van der Waals surface area contributed by atoms with Crippen LogP contribution in [0.4, 0.5) is 18.9 Å². The van der Waals surface area contributed by atoms with Crippen molar-refractivity contribution in [3.8, 4) is 17.2 Å². The number of ether oxygens (including phenoxy) is 2. The molecule has 0 spiro atoms. The molecule has 0 aliphatic heterocycles. The zero-order valence-corrected chi connectivity index (χ0v) is 12.1. The molecular weight excluding hydrogens is 386 g/mol. The van der Waals surface area contributed by atoms with Gasteiger partial charge in [-0.25, -0.2) is 4.39 Å². The van der Waals surface area contributed by atoms with Gasteiger partial charge in [0.2, 0.25) is 0 Å². The Bertz CT molecular complexity index is 605. The molecule has 2 rings (SSSR count). The standard InChI is InChI=1S/C13H9F3INO2/c14-9-5-10(18)12(6-11(9)20-13(15)16)19-8-3-1-7(17)2-4-8/h1-6,13H,18H2. The minimum atomic E-state index is -3.13. The van der Waals surface area contributed by atoms with Crippen molar-refractivity contribution >= 4 is 28.3 Å². The topological polar surface area (TPSA) is 44.5 Å². The maximum absolute atomic E-state index is 13.4. The van der Waals surface area contributed by atoms with Crippen LogP contribution in [-0.2, 0) is 0 Å². The zero-order chi connectivity index (χ0) is 14.7. The van der Waals surface area contributed by atoms with Crippen molar-refractivity contribution in [1.29, 1.82) is 0 Å². The summed E-state index contributed by atoms with van der Waals surface area (Å²) in [4.78, 5) is 0. The van der Waals surface area contributed by atoms with Crippen molar-refractivity contribution in [1.82, 2.24) is 0 Å². The van der Waals surface area contributed by atoms with Crippen molar-refractivity contribution in [3.05, 3.63) is 45.8 Å². The summed E-state index contributed by atoms with van der Waals surface area (Å²) in [6, 6.07) is 8.82. The molecule has 2 aromatic rings. The van der Waals surface area contributed by atoms with Crippen LogP contribution >= 0.6 is 22.6 Å². The summed E-state index contributed by atoms with van der Waals surface area (Å²) in [5, 5.41) is 0. The average Bonchev–Trinajstić information content (AvgIpc) is 2.37. The van der Waals surface area contributed by atoms with Crippen molar-refractivity contribution < 1.29 is 22.6 Å². The van der Waals surface area contributed by atoms with Crippen molar-refractivity contribution in [2.75, 3.05) is 5.73 Å². The van der Waals surface area contributed by atoms with Crippen LogP contribution in [-0.4, -0.2) is 6.61 Å². The van der Waals surface area contributed by atoms with E-state index in [0.717, 1.165) is 15.7 Å². The van der Waals surface area contributed by atoms with Crippen molar-refractivity contribution in [3.63, 3.8) is 0 Å². The van der Waals surface area contributed by atoms with E-state index in [-0.39, 0.29) is 11.4 Å².